The Labute approximate surface area is 156 Å². The molecule has 0 unspecified atom stereocenters. The van der Waals surface area contributed by atoms with Gasteiger partial charge in [0.15, 0.2) is 0 Å². The molecule has 144 valence electrons. The first-order valence-corrected chi connectivity index (χ1v) is 9.40. The Balaban J connectivity index is 1.61. The molecule has 9 heteroatoms. The summed E-state index contributed by atoms with van der Waals surface area (Å²) in [4.78, 5) is 32.3. The molecule has 0 saturated carbocycles. The number of hydrogen-bond acceptors (Lipinski definition) is 8. The summed E-state index contributed by atoms with van der Waals surface area (Å²) in [5.41, 5.74) is 0.512. The Hall–Kier alpha value is -2.75. The fourth-order valence-corrected chi connectivity index (χ4v) is 2.46. The Morgan fingerprint density at radius 3 is 2.04 bits per heavy atom. The van der Waals surface area contributed by atoms with E-state index in [2.05, 4.69) is 4.89 Å². The van der Waals surface area contributed by atoms with Crippen molar-refractivity contribution in [3.8, 4) is 0 Å². The third-order valence-electron chi connectivity index (χ3n) is 3.38. The predicted molar refractivity (Wildman–Crippen MR) is 91.7 cm³/mol. The molecule has 0 fully saturated rings. The molecule has 2 aromatic carbocycles. The van der Waals surface area contributed by atoms with Crippen LogP contribution in [0.15, 0.2) is 59.5 Å². The fourth-order valence-electron chi connectivity index (χ4n) is 1.99. The first kappa shape index (κ1) is 20.6. The van der Waals surface area contributed by atoms with Crippen LogP contribution in [-0.2, 0) is 24.6 Å². The molecule has 0 heterocycles. The molecule has 0 radical (unpaired) electrons. The summed E-state index contributed by atoms with van der Waals surface area (Å²) in [6.45, 7) is 0.303. The van der Waals surface area contributed by atoms with E-state index in [0.717, 1.165) is 24.3 Å². The summed E-state index contributed by atoms with van der Waals surface area (Å²) >= 11 is 0. The highest BCUT2D eigenvalue weighted by molar-refractivity contribution is 7.85. The van der Waals surface area contributed by atoms with Gasteiger partial charge in [0.25, 0.3) is 0 Å². The normalized spacial score (nSPS) is 11.0. The maximum atomic E-state index is 11.7. The van der Waals surface area contributed by atoms with E-state index in [1.807, 2.05) is 0 Å². The minimum Gasteiger partial charge on any atom is -0.744 e. The second-order valence-corrected chi connectivity index (χ2v) is 6.76. The van der Waals surface area contributed by atoms with Crippen molar-refractivity contribution >= 4 is 22.1 Å². The van der Waals surface area contributed by atoms with Gasteiger partial charge < -0.3 is 9.29 Å². The van der Waals surface area contributed by atoms with Gasteiger partial charge in [0.05, 0.1) is 29.2 Å². The van der Waals surface area contributed by atoms with Crippen molar-refractivity contribution in [1.82, 2.24) is 0 Å². The highest BCUT2D eigenvalue weighted by Gasteiger charge is 2.10. The van der Waals surface area contributed by atoms with Crippen molar-refractivity contribution < 1.29 is 37.1 Å². The lowest BCUT2D eigenvalue weighted by Crippen LogP contribution is -2.09. The molecule has 0 aliphatic carbocycles. The number of unbranched alkanes of at least 4 members (excludes halogenated alkanes) is 1. The van der Waals surface area contributed by atoms with Crippen molar-refractivity contribution in [2.24, 2.45) is 0 Å². The molecule has 0 spiro atoms. The van der Waals surface area contributed by atoms with E-state index in [1.165, 1.54) is 0 Å². The predicted octanol–water partition coefficient (Wildman–Crippen LogP) is 2.32. The van der Waals surface area contributed by atoms with Gasteiger partial charge in [-0.15, -0.1) is 0 Å². The van der Waals surface area contributed by atoms with Crippen LogP contribution in [-0.4, -0.2) is 38.1 Å². The molecule has 0 amide bonds. The second kappa shape index (κ2) is 9.81. The SMILES string of the molecule is O=C(OCCCCOOC(=O)c1ccc(S(=O)(=O)[O-])cc1)c1ccccc1. The number of ether oxygens (including phenoxy) is 1. The first-order valence-electron chi connectivity index (χ1n) is 8.00. The molecule has 8 nitrogen and oxygen atoms in total. The van der Waals surface area contributed by atoms with Crippen LogP contribution in [0.2, 0.25) is 0 Å². The largest absolute Gasteiger partial charge is 0.744 e. The van der Waals surface area contributed by atoms with E-state index in [9.17, 15) is 22.6 Å². The summed E-state index contributed by atoms with van der Waals surface area (Å²) in [6, 6.07) is 12.9. The van der Waals surface area contributed by atoms with Gasteiger partial charge in [0, 0.05) is 0 Å². The van der Waals surface area contributed by atoms with Crippen LogP contribution in [0.1, 0.15) is 33.6 Å². The third kappa shape index (κ3) is 6.81. The highest BCUT2D eigenvalue weighted by atomic mass is 32.2. The van der Waals surface area contributed by atoms with Gasteiger partial charge >= 0.3 is 11.9 Å². The van der Waals surface area contributed by atoms with Crippen molar-refractivity contribution in [2.45, 2.75) is 17.7 Å². The zero-order valence-electron chi connectivity index (χ0n) is 14.2. The molecule has 0 atom stereocenters. The second-order valence-electron chi connectivity index (χ2n) is 5.38. The standard InChI is InChI=1S/C18H18O8S/c19-17(14-6-2-1-3-7-14)24-12-4-5-13-25-26-18(20)15-8-10-16(11-9-15)27(21,22)23/h1-3,6-11H,4-5,12-13H2,(H,21,22,23)/p-1. The summed E-state index contributed by atoms with van der Waals surface area (Å²) in [7, 11) is -4.57. The van der Waals surface area contributed by atoms with E-state index < -0.39 is 27.0 Å². The molecular weight excluding hydrogens is 376 g/mol. The molecular formula is C18H17O8S-. The Morgan fingerprint density at radius 1 is 0.815 bits per heavy atom. The van der Waals surface area contributed by atoms with E-state index >= 15 is 0 Å². The zero-order valence-corrected chi connectivity index (χ0v) is 15.0. The number of carbonyl (C=O) groups excluding carboxylic acids is 2. The molecule has 0 bridgehead atoms. The highest BCUT2D eigenvalue weighted by Crippen LogP contribution is 2.11. The molecule has 2 aromatic rings. The van der Waals surface area contributed by atoms with Crippen molar-refractivity contribution in [3.63, 3.8) is 0 Å². The van der Waals surface area contributed by atoms with Crippen molar-refractivity contribution in [2.75, 3.05) is 13.2 Å². The quantitative estimate of drug-likeness (QED) is 0.209. The van der Waals surface area contributed by atoms with Gasteiger partial charge in [-0.2, -0.15) is 4.89 Å². The van der Waals surface area contributed by atoms with E-state index in [-0.39, 0.29) is 18.8 Å². The van der Waals surface area contributed by atoms with E-state index in [1.54, 1.807) is 30.3 Å². The van der Waals surface area contributed by atoms with E-state index in [4.69, 9.17) is 9.62 Å². The topological polar surface area (TPSA) is 119 Å². The molecule has 0 saturated heterocycles. The number of rotatable bonds is 9. The van der Waals surface area contributed by atoms with E-state index in [0.29, 0.717) is 18.4 Å². The Kier molecular flexibility index (Phi) is 7.47. The maximum Gasteiger partial charge on any atom is 0.373 e. The number of hydrogen-bond donors (Lipinski definition) is 0. The third-order valence-corrected chi connectivity index (χ3v) is 4.23. The molecule has 0 aliphatic rings. The van der Waals surface area contributed by atoms with Crippen LogP contribution in [0.25, 0.3) is 0 Å². The minimum absolute atomic E-state index is 0.0409. The number of carbonyl (C=O) groups is 2. The van der Waals surface area contributed by atoms with Gasteiger partial charge in [0.2, 0.25) is 0 Å². The van der Waals surface area contributed by atoms with Crippen LogP contribution < -0.4 is 0 Å². The van der Waals surface area contributed by atoms with Crippen molar-refractivity contribution in [3.05, 3.63) is 65.7 Å². The maximum absolute atomic E-state index is 11.7. The number of esters is 1. The Morgan fingerprint density at radius 2 is 1.41 bits per heavy atom. The van der Waals surface area contributed by atoms with Gasteiger partial charge in [-0.05, 0) is 49.2 Å². The van der Waals surface area contributed by atoms with Crippen LogP contribution in [0.4, 0.5) is 0 Å². The van der Waals surface area contributed by atoms with Gasteiger partial charge in [-0.3, -0.25) is 4.89 Å². The fraction of sp³-hybridized carbons (Fsp3) is 0.222. The van der Waals surface area contributed by atoms with Crippen LogP contribution >= 0.6 is 0 Å². The summed E-state index contributed by atoms with van der Waals surface area (Å²) in [5.74, 6) is -1.23. The average Bonchev–Trinajstić information content (AvgIpc) is 2.67. The minimum atomic E-state index is -4.57. The Bertz CT molecular complexity index is 860. The molecule has 2 rings (SSSR count). The van der Waals surface area contributed by atoms with Crippen LogP contribution in [0.3, 0.4) is 0 Å². The first-order chi connectivity index (χ1) is 12.9. The van der Waals surface area contributed by atoms with Crippen LogP contribution in [0, 0.1) is 0 Å². The van der Waals surface area contributed by atoms with Crippen molar-refractivity contribution in [1.29, 1.82) is 0 Å². The average molecular weight is 393 g/mol. The lowest BCUT2D eigenvalue weighted by atomic mass is 10.2. The monoisotopic (exact) mass is 393 g/mol. The van der Waals surface area contributed by atoms with Gasteiger partial charge in [-0.25, -0.2) is 18.0 Å². The lowest BCUT2D eigenvalue weighted by molar-refractivity contribution is -0.241. The summed E-state index contributed by atoms with van der Waals surface area (Å²) in [5, 5.41) is 0. The molecule has 0 N–H and O–H groups in total. The molecule has 0 aliphatic heterocycles. The van der Waals surface area contributed by atoms with Gasteiger partial charge in [0.1, 0.15) is 10.1 Å². The molecule has 27 heavy (non-hydrogen) atoms. The van der Waals surface area contributed by atoms with Gasteiger partial charge in [-0.1, -0.05) is 18.2 Å². The van der Waals surface area contributed by atoms with Crippen LogP contribution in [0.5, 0.6) is 0 Å². The molecule has 0 aromatic heterocycles. The number of benzene rings is 2. The zero-order chi connectivity index (χ0) is 19.7. The lowest BCUT2D eigenvalue weighted by Gasteiger charge is -2.08. The summed E-state index contributed by atoms with van der Waals surface area (Å²) < 4.78 is 37.5. The summed E-state index contributed by atoms with van der Waals surface area (Å²) in [6.07, 6.45) is 1.01. The smallest absolute Gasteiger partial charge is 0.373 e.